The fourth-order valence-corrected chi connectivity index (χ4v) is 2.65. The highest BCUT2D eigenvalue weighted by molar-refractivity contribution is 5.11. The Kier molecular flexibility index (Phi) is 8.32. The molecule has 2 N–H and O–H groups in total. The molecule has 0 amide bonds. The minimum atomic E-state index is -0.365. The van der Waals surface area contributed by atoms with Gasteiger partial charge in [0.05, 0.1) is 65.1 Å². The van der Waals surface area contributed by atoms with Gasteiger partial charge in [-0.3, -0.25) is 0 Å². The average molecular weight is 318 g/mol. The van der Waals surface area contributed by atoms with E-state index >= 15 is 0 Å². The minimum absolute atomic E-state index is 0.00708. The predicted molar refractivity (Wildman–Crippen MR) is 77.4 cm³/mol. The molecule has 2 rings (SSSR count). The van der Waals surface area contributed by atoms with E-state index in [0.717, 1.165) is 6.42 Å². The lowest BCUT2D eigenvalue weighted by Crippen LogP contribution is -2.34. The van der Waals surface area contributed by atoms with Crippen LogP contribution in [0.15, 0.2) is 12.2 Å². The molecule has 22 heavy (non-hydrogen) atoms. The van der Waals surface area contributed by atoms with E-state index in [1.807, 2.05) is 0 Å². The molecule has 2 heterocycles. The summed E-state index contributed by atoms with van der Waals surface area (Å²) in [5, 5.41) is 17.3. The molecule has 7 nitrogen and oxygen atoms in total. The van der Waals surface area contributed by atoms with Crippen molar-refractivity contribution in [3.05, 3.63) is 12.2 Å². The molecule has 3 atom stereocenters. The van der Waals surface area contributed by atoms with Crippen molar-refractivity contribution in [1.82, 2.24) is 0 Å². The monoisotopic (exact) mass is 318 g/mol. The highest BCUT2D eigenvalue weighted by Crippen LogP contribution is 2.37. The van der Waals surface area contributed by atoms with Gasteiger partial charge < -0.3 is 33.9 Å². The highest BCUT2D eigenvalue weighted by Gasteiger charge is 2.42. The normalized spacial score (nSPS) is 26.4. The first-order valence-electron chi connectivity index (χ1n) is 7.79. The van der Waals surface area contributed by atoms with E-state index in [1.54, 1.807) is 0 Å². The largest absolute Gasteiger partial charge is 0.394 e. The summed E-state index contributed by atoms with van der Waals surface area (Å²) in [5.41, 5.74) is 0. The molecular weight excluding hydrogens is 292 g/mol. The van der Waals surface area contributed by atoms with Gasteiger partial charge in [0, 0.05) is 5.92 Å². The van der Waals surface area contributed by atoms with Crippen LogP contribution in [0.1, 0.15) is 6.42 Å². The molecule has 0 radical (unpaired) electrons. The number of aliphatic hydroxyl groups is 2. The molecule has 0 spiro atoms. The van der Waals surface area contributed by atoms with Crippen LogP contribution in [0.3, 0.4) is 0 Å². The first-order chi connectivity index (χ1) is 10.8. The molecule has 0 saturated carbocycles. The van der Waals surface area contributed by atoms with Gasteiger partial charge in [-0.05, 0) is 6.42 Å². The Labute approximate surface area is 130 Å². The Morgan fingerprint density at radius 1 is 0.909 bits per heavy atom. The van der Waals surface area contributed by atoms with Crippen molar-refractivity contribution in [2.45, 2.75) is 24.9 Å². The van der Waals surface area contributed by atoms with Crippen molar-refractivity contribution < 1.29 is 33.9 Å². The summed E-state index contributed by atoms with van der Waals surface area (Å²) in [6, 6.07) is 0. The van der Waals surface area contributed by atoms with Crippen LogP contribution < -0.4 is 0 Å². The van der Waals surface area contributed by atoms with Crippen LogP contribution >= 0.6 is 0 Å². The number of ether oxygens (including phenoxy) is 5. The summed E-state index contributed by atoms with van der Waals surface area (Å²) in [6.07, 6.45) is 4.87. The fourth-order valence-electron chi connectivity index (χ4n) is 2.65. The zero-order valence-corrected chi connectivity index (χ0v) is 12.8. The first kappa shape index (κ1) is 17.8. The van der Waals surface area contributed by atoms with Crippen LogP contribution in [0.25, 0.3) is 0 Å². The summed E-state index contributed by atoms with van der Waals surface area (Å²) < 4.78 is 27.7. The van der Waals surface area contributed by atoms with Gasteiger partial charge in [-0.15, -0.1) is 0 Å². The van der Waals surface area contributed by atoms with Crippen molar-refractivity contribution in [3.8, 4) is 0 Å². The third-order valence-electron chi connectivity index (χ3n) is 3.61. The molecule has 1 fully saturated rings. The molecule has 0 aromatic rings. The maximum Gasteiger partial charge on any atom is 0.163 e. The Morgan fingerprint density at radius 3 is 2.00 bits per heavy atom. The van der Waals surface area contributed by atoms with Crippen molar-refractivity contribution in [1.29, 1.82) is 0 Å². The second-order valence-electron chi connectivity index (χ2n) is 5.21. The Balaban J connectivity index is 1.70. The van der Waals surface area contributed by atoms with Crippen LogP contribution in [-0.2, 0) is 23.7 Å². The molecule has 7 heteroatoms. The summed E-state index contributed by atoms with van der Waals surface area (Å²) in [7, 11) is 0. The van der Waals surface area contributed by atoms with Crippen LogP contribution in [0.2, 0.25) is 0 Å². The fraction of sp³-hybridized carbons (Fsp3) is 0.867. The third kappa shape index (κ3) is 5.58. The van der Waals surface area contributed by atoms with Gasteiger partial charge in [0.1, 0.15) is 0 Å². The topological polar surface area (TPSA) is 86.6 Å². The summed E-state index contributed by atoms with van der Waals surface area (Å²) in [5.74, 6) is 0.172. The van der Waals surface area contributed by atoms with Crippen LogP contribution in [0.4, 0.5) is 0 Å². The lowest BCUT2D eigenvalue weighted by molar-refractivity contribution is -0.189. The van der Waals surface area contributed by atoms with Gasteiger partial charge in [-0.2, -0.15) is 0 Å². The van der Waals surface area contributed by atoms with Crippen molar-refractivity contribution in [3.63, 3.8) is 0 Å². The van der Waals surface area contributed by atoms with Gasteiger partial charge in [0.2, 0.25) is 0 Å². The molecule has 2 bridgehead atoms. The van der Waals surface area contributed by atoms with Crippen LogP contribution in [0.5, 0.6) is 0 Å². The smallest absolute Gasteiger partial charge is 0.163 e. The van der Waals surface area contributed by atoms with E-state index in [9.17, 15) is 0 Å². The Morgan fingerprint density at radius 2 is 1.55 bits per heavy atom. The maximum atomic E-state index is 8.66. The second-order valence-corrected chi connectivity index (χ2v) is 5.21. The molecular formula is C15H26O7. The van der Waals surface area contributed by atoms with Crippen molar-refractivity contribution >= 4 is 0 Å². The van der Waals surface area contributed by atoms with E-state index in [1.165, 1.54) is 0 Å². The standard InChI is InChI=1S/C15H26O7/c16-3-5-18-7-9-20-15(21-10-8-19-6-4-17)13-11-12-1-2-14(13)22-12/h1-2,12-17H,3-11H2. The van der Waals surface area contributed by atoms with Gasteiger partial charge >= 0.3 is 0 Å². The molecule has 0 aliphatic carbocycles. The van der Waals surface area contributed by atoms with Gasteiger partial charge in [-0.25, -0.2) is 0 Å². The molecule has 128 valence electrons. The lowest BCUT2D eigenvalue weighted by Gasteiger charge is -2.27. The zero-order chi connectivity index (χ0) is 15.6. The molecule has 0 aromatic heterocycles. The second kappa shape index (κ2) is 10.3. The van der Waals surface area contributed by atoms with Crippen LogP contribution in [-0.4, -0.2) is 81.6 Å². The number of aliphatic hydroxyl groups excluding tert-OH is 2. The third-order valence-corrected chi connectivity index (χ3v) is 3.61. The van der Waals surface area contributed by atoms with Crippen molar-refractivity contribution in [2.24, 2.45) is 5.92 Å². The SMILES string of the molecule is OCCOCCOC(OCCOCCO)C1CC2C=CC1O2. The van der Waals surface area contributed by atoms with E-state index in [2.05, 4.69) is 12.2 Å². The molecule has 0 aromatic carbocycles. The Bertz CT molecular complexity index is 309. The Hall–Kier alpha value is -0.540. The van der Waals surface area contributed by atoms with E-state index < -0.39 is 0 Å². The molecule has 3 unspecified atom stereocenters. The van der Waals surface area contributed by atoms with Crippen molar-refractivity contribution in [2.75, 3.05) is 52.9 Å². The number of hydrogen-bond acceptors (Lipinski definition) is 7. The quantitative estimate of drug-likeness (QED) is 0.274. The average Bonchev–Trinajstić information content (AvgIpc) is 3.15. The first-order valence-corrected chi connectivity index (χ1v) is 7.79. The molecule has 1 saturated heterocycles. The van der Waals surface area contributed by atoms with E-state index in [4.69, 9.17) is 33.9 Å². The highest BCUT2D eigenvalue weighted by atomic mass is 16.7. The summed E-state index contributed by atoms with van der Waals surface area (Å²) >= 11 is 0. The zero-order valence-electron chi connectivity index (χ0n) is 12.8. The van der Waals surface area contributed by atoms with Crippen LogP contribution in [0, 0.1) is 5.92 Å². The lowest BCUT2D eigenvalue weighted by atomic mass is 9.94. The minimum Gasteiger partial charge on any atom is -0.394 e. The van der Waals surface area contributed by atoms with Gasteiger partial charge in [-0.1, -0.05) is 12.2 Å². The maximum absolute atomic E-state index is 8.66. The number of rotatable bonds is 13. The molecule has 2 aliphatic rings. The molecule has 2 aliphatic heterocycles. The number of hydrogen-bond donors (Lipinski definition) is 2. The summed E-state index contributed by atoms with van der Waals surface area (Å²) in [6.45, 7) is 2.27. The summed E-state index contributed by atoms with van der Waals surface area (Å²) in [4.78, 5) is 0. The van der Waals surface area contributed by atoms with E-state index in [-0.39, 0.29) is 37.6 Å². The predicted octanol–water partition coefficient (Wildman–Crippen LogP) is -0.293. The van der Waals surface area contributed by atoms with E-state index in [0.29, 0.717) is 39.6 Å². The van der Waals surface area contributed by atoms with Gasteiger partial charge in [0.25, 0.3) is 0 Å². The van der Waals surface area contributed by atoms with Gasteiger partial charge in [0.15, 0.2) is 6.29 Å². The number of fused-ring (bicyclic) bond motifs is 2.